The first kappa shape index (κ1) is 38.4. The van der Waals surface area contributed by atoms with Gasteiger partial charge in [-0.3, -0.25) is 0 Å². The highest BCUT2D eigenvalue weighted by Gasteiger charge is 2.11. The van der Waals surface area contributed by atoms with E-state index in [0.717, 1.165) is 12.8 Å². The van der Waals surface area contributed by atoms with E-state index in [1.165, 1.54) is 195 Å². The van der Waals surface area contributed by atoms with Crippen LogP contribution in [0.5, 0.6) is 5.75 Å². The van der Waals surface area contributed by atoms with E-state index in [-0.39, 0.29) is 0 Å². The van der Waals surface area contributed by atoms with Gasteiger partial charge in [-0.1, -0.05) is 175 Å². The summed E-state index contributed by atoms with van der Waals surface area (Å²) >= 11 is 2.03. The molecule has 0 heterocycles. The van der Waals surface area contributed by atoms with E-state index in [2.05, 4.69) is 32.9 Å². The molecule has 0 fully saturated rings. The van der Waals surface area contributed by atoms with Crippen LogP contribution in [0.3, 0.4) is 0 Å². The number of hydrogen-bond donors (Lipinski definition) is 1. The minimum absolute atomic E-state index is 0.622. The first-order chi connectivity index (χ1) is 20.2. The van der Waals surface area contributed by atoms with E-state index >= 15 is 0 Å². The molecule has 41 heavy (non-hydrogen) atoms. The van der Waals surface area contributed by atoms with Crippen LogP contribution in [-0.2, 0) is 12.8 Å². The molecule has 0 aliphatic heterocycles. The second-order valence-electron chi connectivity index (χ2n) is 12.9. The van der Waals surface area contributed by atoms with Crippen LogP contribution in [0.15, 0.2) is 17.0 Å². The molecule has 0 atom stereocenters. The molecule has 0 aromatic heterocycles. The van der Waals surface area contributed by atoms with Gasteiger partial charge in [0.05, 0.1) is 0 Å². The monoisotopic (exact) mass is 589 g/mol. The normalized spacial score (nSPS) is 11.5. The van der Waals surface area contributed by atoms with E-state index in [9.17, 15) is 5.11 Å². The van der Waals surface area contributed by atoms with Crippen LogP contribution in [0, 0.1) is 0 Å². The second kappa shape index (κ2) is 29.4. The minimum Gasteiger partial charge on any atom is -0.507 e. The number of phenolic OH excluding ortho intramolecular Hbond substituents is 1. The van der Waals surface area contributed by atoms with Gasteiger partial charge in [0.2, 0.25) is 0 Å². The molecule has 0 unspecified atom stereocenters. The van der Waals surface area contributed by atoms with E-state index in [0.29, 0.717) is 5.75 Å². The summed E-state index contributed by atoms with van der Waals surface area (Å²) in [5, 5.41) is 11.2. The van der Waals surface area contributed by atoms with E-state index in [1.54, 1.807) is 0 Å². The van der Waals surface area contributed by atoms with E-state index < -0.39 is 0 Å². The molecule has 1 aromatic carbocycles. The molecule has 0 aliphatic carbocycles. The topological polar surface area (TPSA) is 20.2 Å². The fourth-order valence-electron chi connectivity index (χ4n) is 6.05. The van der Waals surface area contributed by atoms with Crippen LogP contribution >= 0.6 is 11.8 Å². The van der Waals surface area contributed by atoms with Crippen molar-refractivity contribution in [1.29, 1.82) is 0 Å². The van der Waals surface area contributed by atoms with E-state index in [1.807, 2.05) is 11.8 Å². The molecule has 2 heteroatoms. The highest BCUT2D eigenvalue weighted by Crippen LogP contribution is 2.33. The Bertz CT molecular complexity index is 639. The minimum atomic E-state index is 0.622. The van der Waals surface area contributed by atoms with Crippen LogP contribution < -0.4 is 0 Å². The molecule has 1 aromatic rings. The van der Waals surface area contributed by atoms with Crippen LogP contribution in [0.25, 0.3) is 0 Å². The summed E-state index contributed by atoms with van der Waals surface area (Å²) in [5.74, 6) is 1.84. The van der Waals surface area contributed by atoms with Crippen molar-refractivity contribution in [3.8, 4) is 5.75 Å². The van der Waals surface area contributed by atoms with Crippen molar-refractivity contribution < 1.29 is 5.11 Å². The summed E-state index contributed by atoms with van der Waals surface area (Å²) in [6, 6.07) is 4.66. The lowest BCUT2D eigenvalue weighted by atomic mass is 9.98. The second-order valence-corrected chi connectivity index (χ2v) is 14.1. The molecule has 0 bridgehead atoms. The standard InChI is InChI=1S/C39H72OS/c1-4-7-10-13-16-18-20-22-25-28-31-36-34-38(41-33-30-27-24-15-12-9-6-3)35-37(39(36)40)32-29-26-23-21-19-17-14-11-8-5-2/h34-35,40H,4-33H2,1-3H3. The van der Waals surface area contributed by atoms with Gasteiger partial charge in [-0.25, -0.2) is 0 Å². The summed E-state index contributed by atoms with van der Waals surface area (Å²) in [5.41, 5.74) is 2.44. The number of aryl methyl sites for hydroxylation is 2. The molecule has 0 saturated carbocycles. The summed E-state index contributed by atoms with van der Waals surface area (Å²) < 4.78 is 0. The van der Waals surface area contributed by atoms with Crippen LogP contribution in [0.1, 0.15) is 205 Å². The van der Waals surface area contributed by atoms with Gasteiger partial charge in [-0.05, 0) is 61.1 Å². The third-order valence-corrected chi connectivity index (χ3v) is 9.92. The van der Waals surface area contributed by atoms with Crippen molar-refractivity contribution in [2.75, 3.05) is 5.75 Å². The van der Waals surface area contributed by atoms with E-state index in [4.69, 9.17) is 0 Å². The lowest BCUT2D eigenvalue weighted by molar-refractivity contribution is 0.456. The van der Waals surface area contributed by atoms with Crippen molar-refractivity contribution in [3.63, 3.8) is 0 Å². The number of benzene rings is 1. The molecular weight excluding hydrogens is 516 g/mol. The lowest BCUT2D eigenvalue weighted by Gasteiger charge is -2.14. The number of aromatic hydroxyl groups is 1. The average molecular weight is 589 g/mol. The SMILES string of the molecule is CCCCCCCCCCCCc1cc(SCCCCCCCCC)cc(CCCCCCCCCCCC)c1O. The summed E-state index contributed by atoms with van der Waals surface area (Å²) in [4.78, 5) is 1.40. The third-order valence-electron chi connectivity index (χ3n) is 8.86. The van der Waals surface area contributed by atoms with Gasteiger partial charge in [0, 0.05) is 4.90 Å². The number of rotatable bonds is 31. The molecular formula is C39H72OS. The van der Waals surface area contributed by atoms with Crippen LogP contribution in [0.4, 0.5) is 0 Å². The van der Waals surface area contributed by atoms with Gasteiger partial charge in [-0.2, -0.15) is 0 Å². The van der Waals surface area contributed by atoms with Gasteiger partial charge < -0.3 is 5.11 Å². The Morgan fingerprint density at radius 1 is 0.415 bits per heavy atom. The van der Waals surface area contributed by atoms with Gasteiger partial charge in [0.15, 0.2) is 0 Å². The molecule has 0 aliphatic rings. The Hall–Kier alpha value is -0.630. The zero-order chi connectivity index (χ0) is 29.6. The lowest BCUT2D eigenvalue weighted by Crippen LogP contribution is -1.95. The Kier molecular flexibility index (Phi) is 27.6. The average Bonchev–Trinajstić information content (AvgIpc) is 2.98. The van der Waals surface area contributed by atoms with Crippen molar-refractivity contribution in [2.24, 2.45) is 0 Å². The molecule has 240 valence electrons. The molecule has 1 N–H and O–H groups in total. The maximum Gasteiger partial charge on any atom is 0.122 e. The van der Waals surface area contributed by atoms with Crippen molar-refractivity contribution >= 4 is 11.8 Å². The number of thioether (sulfide) groups is 1. The van der Waals surface area contributed by atoms with Gasteiger partial charge in [-0.15, -0.1) is 11.8 Å². The Morgan fingerprint density at radius 2 is 0.707 bits per heavy atom. The molecule has 0 spiro atoms. The number of hydrogen-bond acceptors (Lipinski definition) is 2. The fraction of sp³-hybridized carbons (Fsp3) is 0.846. The summed E-state index contributed by atoms with van der Waals surface area (Å²) in [6.45, 7) is 6.89. The predicted octanol–water partition coefficient (Wildman–Crippen LogP) is 14.2. The molecule has 0 saturated heterocycles. The highest BCUT2D eigenvalue weighted by molar-refractivity contribution is 7.99. The zero-order valence-electron chi connectivity index (χ0n) is 28.2. The Morgan fingerprint density at radius 3 is 1.05 bits per heavy atom. The predicted molar refractivity (Wildman–Crippen MR) is 188 cm³/mol. The largest absolute Gasteiger partial charge is 0.507 e. The quantitative estimate of drug-likeness (QED) is 0.0687. The van der Waals surface area contributed by atoms with Crippen molar-refractivity contribution in [1.82, 2.24) is 0 Å². The fourth-order valence-corrected chi connectivity index (χ4v) is 7.08. The smallest absolute Gasteiger partial charge is 0.122 e. The van der Waals surface area contributed by atoms with Gasteiger partial charge in [0.1, 0.15) is 5.75 Å². The number of phenols is 1. The maximum atomic E-state index is 11.2. The summed E-state index contributed by atoms with van der Waals surface area (Å²) in [7, 11) is 0. The van der Waals surface area contributed by atoms with Crippen molar-refractivity contribution in [2.45, 2.75) is 212 Å². The first-order valence-corrected chi connectivity index (χ1v) is 19.7. The summed E-state index contributed by atoms with van der Waals surface area (Å²) in [6.07, 6.45) is 39.0. The molecule has 0 radical (unpaired) electrons. The van der Waals surface area contributed by atoms with Crippen LogP contribution in [-0.4, -0.2) is 10.9 Å². The van der Waals surface area contributed by atoms with Crippen LogP contribution in [0.2, 0.25) is 0 Å². The first-order valence-electron chi connectivity index (χ1n) is 18.7. The van der Waals surface area contributed by atoms with Crippen molar-refractivity contribution in [3.05, 3.63) is 23.3 Å². The van der Waals surface area contributed by atoms with Gasteiger partial charge >= 0.3 is 0 Å². The zero-order valence-corrected chi connectivity index (χ0v) is 29.0. The molecule has 0 amide bonds. The maximum absolute atomic E-state index is 11.2. The molecule has 1 rings (SSSR count). The van der Waals surface area contributed by atoms with Gasteiger partial charge in [0.25, 0.3) is 0 Å². The Balaban J connectivity index is 2.46. The highest BCUT2D eigenvalue weighted by atomic mass is 32.2. The number of unbranched alkanes of at least 4 members (excludes halogenated alkanes) is 24. The Labute approximate surface area is 262 Å². The third kappa shape index (κ3) is 22.6. The molecule has 1 nitrogen and oxygen atoms in total.